The van der Waals surface area contributed by atoms with E-state index in [1.165, 1.54) is 9.80 Å². The Kier molecular flexibility index (Phi) is 5.43. The van der Waals surface area contributed by atoms with Crippen LogP contribution in [0.2, 0.25) is 0 Å². The average molecular weight is 372 g/mol. The van der Waals surface area contributed by atoms with Crippen molar-refractivity contribution in [1.82, 2.24) is 19.6 Å². The number of urea groups is 1. The molecule has 2 aliphatic heterocycles. The third-order valence-electron chi connectivity index (χ3n) is 4.94. The molecular weight excluding hydrogens is 348 g/mol. The summed E-state index contributed by atoms with van der Waals surface area (Å²) in [5.41, 5.74) is 0.853. The molecule has 1 aromatic carbocycles. The van der Waals surface area contributed by atoms with E-state index in [-0.39, 0.29) is 36.7 Å². The number of hydrogen-bond acceptors (Lipinski definition) is 4. The van der Waals surface area contributed by atoms with E-state index in [0.717, 1.165) is 0 Å². The Hall–Kier alpha value is -2.90. The Morgan fingerprint density at radius 2 is 1.44 bits per heavy atom. The molecule has 5 amide bonds. The lowest BCUT2D eigenvalue weighted by atomic mass is 10.1. The largest absolute Gasteiger partial charge is 0.339 e. The summed E-state index contributed by atoms with van der Waals surface area (Å²) in [6.45, 7) is 2.27. The van der Waals surface area contributed by atoms with Gasteiger partial charge in [-0.1, -0.05) is 12.1 Å². The molecule has 27 heavy (non-hydrogen) atoms. The fourth-order valence-electron chi connectivity index (χ4n) is 3.42. The first-order valence-corrected chi connectivity index (χ1v) is 9.09. The van der Waals surface area contributed by atoms with Gasteiger partial charge >= 0.3 is 6.03 Å². The van der Waals surface area contributed by atoms with Gasteiger partial charge in [-0.2, -0.15) is 0 Å². The van der Waals surface area contributed by atoms with Gasteiger partial charge in [-0.15, -0.1) is 0 Å². The van der Waals surface area contributed by atoms with Crippen molar-refractivity contribution in [3.8, 4) is 0 Å². The lowest BCUT2D eigenvalue weighted by Crippen LogP contribution is -2.52. The molecular formula is C19H24N4O4. The minimum atomic E-state index is -0.293. The first-order valence-electron chi connectivity index (χ1n) is 9.09. The molecule has 0 spiro atoms. The lowest BCUT2D eigenvalue weighted by Gasteiger charge is -2.36. The fraction of sp³-hybridized carbons (Fsp3) is 0.474. The fourth-order valence-corrected chi connectivity index (χ4v) is 3.42. The van der Waals surface area contributed by atoms with Crippen molar-refractivity contribution in [2.45, 2.75) is 12.8 Å². The van der Waals surface area contributed by atoms with E-state index in [9.17, 15) is 19.2 Å². The smallest absolute Gasteiger partial charge is 0.319 e. The highest BCUT2D eigenvalue weighted by atomic mass is 16.2. The summed E-state index contributed by atoms with van der Waals surface area (Å²) >= 11 is 0. The summed E-state index contributed by atoms with van der Waals surface area (Å²) < 4.78 is 0. The van der Waals surface area contributed by atoms with Crippen molar-refractivity contribution >= 4 is 23.8 Å². The second-order valence-corrected chi connectivity index (χ2v) is 6.96. The molecule has 8 nitrogen and oxygen atoms in total. The van der Waals surface area contributed by atoms with Crippen LogP contribution in [0.1, 0.15) is 33.6 Å². The third-order valence-corrected chi connectivity index (χ3v) is 4.94. The van der Waals surface area contributed by atoms with Gasteiger partial charge in [0.25, 0.3) is 11.8 Å². The van der Waals surface area contributed by atoms with Gasteiger partial charge in [0.1, 0.15) is 0 Å². The third kappa shape index (κ3) is 3.79. The van der Waals surface area contributed by atoms with Crippen LogP contribution in [0.15, 0.2) is 24.3 Å². The number of carbonyl (C=O) groups is 4. The highest BCUT2D eigenvalue weighted by Crippen LogP contribution is 2.22. The predicted molar refractivity (Wildman–Crippen MR) is 98.3 cm³/mol. The Morgan fingerprint density at radius 1 is 0.926 bits per heavy atom. The Balaban J connectivity index is 1.45. The number of benzene rings is 1. The van der Waals surface area contributed by atoms with Crippen LogP contribution in [-0.2, 0) is 4.79 Å². The van der Waals surface area contributed by atoms with Crippen LogP contribution < -0.4 is 0 Å². The summed E-state index contributed by atoms with van der Waals surface area (Å²) in [6.07, 6.45) is 0.705. The average Bonchev–Trinajstić information content (AvgIpc) is 2.92. The molecule has 0 aliphatic carbocycles. The van der Waals surface area contributed by atoms with Crippen LogP contribution in [-0.4, -0.2) is 90.2 Å². The molecule has 8 heteroatoms. The summed E-state index contributed by atoms with van der Waals surface area (Å²) in [5.74, 6) is -0.596. The molecule has 2 heterocycles. The van der Waals surface area contributed by atoms with Gasteiger partial charge in [0.15, 0.2) is 0 Å². The van der Waals surface area contributed by atoms with E-state index in [0.29, 0.717) is 43.7 Å². The maximum absolute atomic E-state index is 12.4. The van der Waals surface area contributed by atoms with Crippen LogP contribution >= 0.6 is 0 Å². The van der Waals surface area contributed by atoms with Gasteiger partial charge in [-0.05, 0) is 18.6 Å². The van der Waals surface area contributed by atoms with Crippen molar-refractivity contribution in [1.29, 1.82) is 0 Å². The number of amides is 5. The number of rotatable bonds is 4. The molecule has 2 aliphatic rings. The van der Waals surface area contributed by atoms with Crippen LogP contribution in [0.4, 0.5) is 4.79 Å². The predicted octanol–water partition coefficient (Wildman–Crippen LogP) is 0.889. The minimum absolute atomic E-state index is 0.0106. The highest BCUT2D eigenvalue weighted by Gasteiger charge is 2.34. The zero-order valence-corrected chi connectivity index (χ0v) is 15.7. The molecule has 0 saturated carbocycles. The molecule has 0 unspecified atom stereocenters. The van der Waals surface area contributed by atoms with Gasteiger partial charge < -0.3 is 14.7 Å². The molecule has 1 aromatic rings. The van der Waals surface area contributed by atoms with Gasteiger partial charge in [0.2, 0.25) is 5.91 Å². The number of nitrogens with zero attached hydrogens (tertiary/aromatic N) is 4. The van der Waals surface area contributed by atoms with E-state index in [4.69, 9.17) is 0 Å². The van der Waals surface area contributed by atoms with Crippen LogP contribution in [0.3, 0.4) is 0 Å². The number of hydrogen-bond donors (Lipinski definition) is 0. The summed E-state index contributed by atoms with van der Waals surface area (Å²) in [7, 11) is 3.41. The lowest BCUT2D eigenvalue weighted by molar-refractivity contribution is -0.132. The van der Waals surface area contributed by atoms with Crippen molar-refractivity contribution < 1.29 is 19.2 Å². The maximum Gasteiger partial charge on any atom is 0.319 e. The van der Waals surface area contributed by atoms with Crippen molar-refractivity contribution in [3.63, 3.8) is 0 Å². The molecule has 0 aromatic heterocycles. The van der Waals surface area contributed by atoms with E-state index < -0.39 is 0 Å². The van der Waals surface area contributed by atoms with Crippen molar-refractivity contribution in [3.05, 3.63) is 35.4 Å². The second kappa shape index (κ2) is 7.77. The maximum atomic E-state index is 12.4. The Labute approximate surface area is 158 Å². The Morgan fingerprint density at radius 3 is 1.96 bits per heavy atom. The zero-order chi connectivity index (χ0) is 19.6. The molecule has 3 rings (SSSR count). The SMILES string of the molecule is CN(C)C(=O)N1CCN(C(=O)CCCN2C(=O)c3ccccc3C2=O)CC1. The number of piperazine rings is 1. The van der Waals surface area contributed by atoms with Gasteiger partial charge in [-0.3, -0.25) is 19.3 Å². The normalized spacial score (nSPS) is 16.6. The number of fused-ring (bicyclic) bond motifs is 1. The molecule has 1 fully saturated rings. The van der Waals surface area contributed by atoms with E-state index in [2.05, 4.69) is 0 Å². The molecule has 0 bridgehead atoms. The standard InChI is InChI=1S/C19H24N4O4/c1-20(2)19(27)22-12-10-21(11-13-22)16(24)8-5-9-23-17(25)14-6-3-4-7-15(14)18(23)26/h3-4,6-7H,5,8-13H2,1-2H3. The summed E-state index contributed by atoms with van der Waals surface area (Å²) in [6, 6.07) is 6.72. The zero-order valence-electron chi connectivity index (χ0n) is 15.7. The second-order valence-electron chi connectivity index (χ2n) is 6.96. The van der Waals surface area contributed by atoms with Gasteiger partial charge in [0, 0.05) is 53.2 Å². The van der Waals surface area contributed by atoms with Crippen molar-refractivity contribution in [2.24, 2.45) is 0 Å². The van der Waals surface area contributed by atoms with Crippen LogP contribution in [0.25, 0.3) is 0 Å². The van der Waals surface area contributed by atoms with Crippen LogP contribution in [0.5, 0.6) is 0 Å². The molecule has 0 N–H and O–H groups in total. The number of carbonyl (C=O) groups excluding carboxylic acids is 4. The van der Waals surface area contributed by atoms with E-state index in [1.807, 2.05) is 0 Å². The number of imide groups is 1. The molecule has 0 atom stereocenters. The van der Waals surface area contributed by atoms with E-state index in [1.54, 1.807) is 48.2 Å². The minimum Gasteiger partial charge on any atom is -0.339 e. The highest BCUT2D eigenvalue weighted by molar-refractivity contribution is 6.21. The molecule has 0 radical (unpaired) electrons. The van der Waals surface area contributed by atoms with Crippen LogP contribution in [0, 0.1) is 0 Å². The van der Waals surface area contributed by atoms with Gasteiger partial charge in [-0.25, -0.2) is 4.79 Å². The van der Waals surface area contributed by atoms with Gasteiger partial charge in [0.05, 0.1) is 11.1 Å². The summed E-state index contributed by atoms with van der Waals surface area (Å²) in [5, 5.41) is 0. The van der Waals surface area contributed by atoms with Crippen molar-refractivity contribution in [2.75, 3.05) is 46.8 Å². The quantitative estimate of drug-likeness (QED) is 0.735. The first-order chi connectivity index (χ1) is 12.9. The molecule has 144 valence electrons. The first kappa shape index (κ1) is 18.9. The van der Waals surface area contributed by atoms with E-state index >= 15 is 0 Å². The summed E-state index contributed by atoms with van der Waals surface area (Å²) in [4.78, 5) is 55.1. The monoisotopic (exact) mass is 372 g/mol. The molecule has 1 saturated heterocycles. The topological polar surface area (TPSA) is 81.2 Å². The Bertz CT molecular complexity index is 734.